The minimum Gasteiger partial charge on any atom is -0.494 e. The van der Waals surface area contributed by atoms with Gasteiger partial charge in [0.25, 0.3) is 5.56 Å². The molecule has 0 saturated heterocycles. The maximum Gasteiger partial charge on any atom is 0.293 e. The van der Waals surface area contributed by atoms with E-state index in [1.165, 1.54) is 33.7 Å². The average Bonchev–Trinajstić information content (AvgIpc) is 3.46. The molecular formula is C22H16ClFN6O3. The van der Waals surface area contributed by atoms with Crippen molar-refractivity contribution in [1.29, 1.82) is 0 Å². The monoisotopic (exact) mass is 466 g/mol. The summed E-state index contributed by atoms with van der Waals surface area (Å²) in [5.41, 5.74) is 1.93. The van der Waals surface area contributed by atoms with Gasteiger partial charge in [-0.25, -0.2) is 13.6 Å². The second kappa shape index (κ2) is 8.47. The summed E-state index contributed by atoms with van der Waals surface area (Å²) in [6.07, 6.45) is 1.44. The fourth-order valence-corrected chi connectivity index (χ4v) is 3.46. The Bertz CT molecular complexity index is 1510. The second-order valence-electron chi connectivity index (χ2n) is 7.05. The Morgan fingerprint density at radius 1 is 1.12 bits per heavy atom. The number of rotatable bonds is 6. The topological polar surface area (TPSA) is 100 Å². The molecule has 0 N–H and O–H groups in total. The molecule has 2 aromatic carbocycles. The van der Waals surface area contributed by atoms with Crippen LogP contribution in [0.1, 0.15) is 12.8 Å². The first-order valence-electron chi connectivity index (χ1n) is 9.98. The van der Waals surface area contributed by atoms with Gasteiger partial charge in [0.05, 0.1) is 17.3 Å². The molecule has 0 bridgehead atoms. The lowest BCUT2D eigenvalue weighted by Gasteiger charge is -2.02. The van der Waals surface area contributed by atoms with Crippen LogP contribution in [-0.2, 0) is 6.54 Å². The molecule has 0 unspecified atom stereocenters. The molecule has 0 aliphatic rings. The van der Waals surface area contributed by atoms with E-state index in [0.29, 0.717) is 23.4 Å². The van der Waals surface area contributed by atoms with Gasteiger partial charge < -0.3 is 9.26 Å². The molecule has 0 saturated carbocycles. The normalized spacial score (nSPS) is 11.2. The number of halogens is 2. The highest BCUT2D eigenvalue weighted by molar-refractivity contribution is 6.31. The third-order valence-electron chi connectivity index (χ3n) is 4.88. The predicted octanol–water partition coefficient (Wildman–Crippen LogP) is 3.85. The van der Waals surface area contributed by atoms with Gasteiger partial charge in [0.2, 0.25) is 11.7 Å². The summed E-state index contributed by atoms with van der Waals surface area (Å²) in [5, 5.41) is 12.4. The molecule has 33 heavy (non-hydrogen) atoms. The van der Waals surface area contributed by atoms with Crippen molar-refractivity contribution in [2.24, 2.45) is 0 Å². The van der Waals surface area contributed by atoms with E-state index in [4.69, 9.17) is 20.9 Å². The van der Waals surface area contributed by atoms with Crippen molar-refractivity contribution in [2.75, 3.05) is 6.61 Å². The zero-order valence-electron chi connectivity index (χ0n) is 17.3. The van der Waals surface area contributed by atoms with E-state index in [9.17, 15) is 9.18 Å². The average molecular weight is 467 g/mol. The Kier molecular flexibility index (Phi) is 5.35. The van der Waals surface area contributed by atoms with Crippen molar-refractivity contribution in [3.05, 3.63) is 81.9 Å². The molecule has 0 fully saturated rings. The number of benzene rings is 2. The number of fused-ring (bicyclic) bond motifs is 1. The quantitative estimate of drug-likeness (QED) is 0.374. The lowest BCUT2D eigenvalue weighted by molar-refractivity contribution is 0.340. The van der Waals surface area contributed by atoms with E-state index < -0.39 is 5.82 Å². The van der Waals surface area contributed by atoms with E-state index in [1.807, 2.05) is 31.2 Å². The van der Waals surface area contributed by atoms with Gasteiger partial charge in [-0.2, -0.15) is 15.2 Å². The molecule has 166 valence electrons. The van der Waals surface area contributed by atoms with Crippen LogP contribution in [0.25, 0.3) is 28.2 Å². The number of hydrogen-bond donors (Lipinski definition) is 0. The summed E-state index contributed by atoms with van der Waals surface area (Å²) in [6.45, 7) is 2.46. The summed E-state index contributed by atoms with van der Waals surface area (Å²) in [7, 11) is 0. The first-order valence-corrected chi connectivity index (χ1v) is 10.4. The van der Waals surface area contributed by atoms with Crippen LogP contribution < -0.4 is 10.3 Å². The highest BCUT2D eigenvalue weighted by Gasteiger charge is 2.15. The van der Waals surface area contributed by atoms with Crippen molar-refractivity contribution in [3.63, 3.8) is 0 Å². The van der Waals surface area contributed by atoms with Crippen molar-refractivity contribution in [2.45, 2.75) is 13.5 Å². The summed E-state index contributed by atoms with van der Waals surface area (Å²) < 4.78 is 26.7. The molecule has 0 aliphatic heterocycles. The second-order valence-corrected chi connectivity index (χ2v) is 7.46. The molecule has 0 radical (unpaired) electrons. The van der Waals surface area contributed by atoms with Gasteiger partial charge in [-0.15, -0.1) is 0 Å². The van der Waals surface area contributed by atoms with Crippen LogP contribution in [0, 0.1) is 5.82 Å². The molecule has 0 amide bonds. The van der Waals surface area contributed by atoms with Crippen LogP contribution in [0.15, 0.2) is 64.2 Å². The Balaban J connectivity index is 1.41. The smallest absolute Gasteiger partial charge is 0.293 e. The maximum atomic E-state index is 13.4. The van der Waals surface area contributed by atoms with Crippen molar-refractivity contribution < 1.29 is 13.7 Å². The molecule has 0 atom stereocenters. The Labute approximate surface area is 191 Å². The maximum absolute atomic E-state index is 13.4. The van der Waals surface area contributed by atoms with Gasteiger partial charge in [-0.3, -0.25) is 4.79 Å². The van der Waals surface area contributed by atoms with E-state index in [-0.39, 0.29) is 28.8 Å². The number of aromatic nitrogens is 6. The molecule has 5 aromatic rings. The Morgan fingerprint density at radius 3 is 2.67 bits per heavy atom. The largest absolute Gasteiger partial charge is 0.494 e. The Hall–Kier alpha value is -4.05. The zero-order valence-corrected chi connectivity index (χ0v) is 18.0. The summed E-state index contributed by atoms with van der Waals surface area (Å²) in [5.74, 6) is 0.605. The third-order valence-corrected chi connectivity index (χ3v) is 5.17. The van der Waals surface area contributed by atoms with Crippen LogP contribution in [-0.4, -0.2) is 36.1 Å². The first-order chi connectivity index (χ1) is 16.0. The van der Waals surface area contributed by atoms with Gasteiger partial charge in [0, 0.05) is 11.1 Å². The molecule has 0 spiro atoms. The van der Waals surface area contributed by atoms with E-state index in [2.05, 4.69) is 20.3 Å². The van der Waals surface area contributed by atoms with Gasteiger partial charge in [0.15, 0.2) is 0 Å². The minimum absolute atomic E-state index is 0.0408. The SMILES string of the molecule is CCOc1ccc(-c2cc3c(=O)n(Cc4nc(-c5ccc(F)c(Cl)c5)no4)ncn3n2)cc1. The van der Waals surface area contributed by atoms with Crippen molar-refractivity contribution in [3.8, 4) is 28.4 Å². The van der Waals surface area contributed by atoms with E-state index in [1.54, 1.807) is 6.07 Å². The van der Waals surface area contributed by atoms with Gasteiger partial charge in [0.1, 0.15) is 30.0 Å². The van der Waals surface area contributed by atoms with Crippen LogP contribution >= 0.6 is 11.6 Å². The summed E-state index contributed by atoms with van der Waals surface area (Å²) >= 11 is 5.81. The first kappa shape index (κ1) is 20.8. The molecule has 9 nitrogen and oxygen atoms in total. The van der Waals surface area contributed by atoms with Gasteiger partial charge >= 0.3 is 0 Å². The van der Waals surface area contributed by atoms with Crippen LogP contribution in [0.3, 0.4) is 0 Å². The van der Waals surface area contributed by atoms with Crippen LogP contribution in [0.4, 0.5) is 4.39 Å². The number of ether oxygens (including phenoxy) is 1. The standard InChI is InChI=1S/C22H16ClFN6O3/c1-2-32-15-6-3-13(4-7-15)18-10-19-22(31)29(25-12-30(19)27-18)11-20-26-21(28-33-20)14-5-8-17(24)16(23)9-14/h3-10,12H,2,11H2,1H3. The third kappa shape index (κ3) is 4.08. The van der Waals surface area contributed by atoms with Gasteiger partial charge in [-0.05, 0) is 55.5 Å². The molecule has 0 aliphatic carbocycles. The predicted molar refractivity (Wildman–Crippen MR) is 118 cm³/mol. The zero-order chi connectivity index (χ0) is 22.9. The summed E-state index contributed by atoms with van der Waals surface area (Å²) in [4.78, 5) is 17.2. The van der Waals surface area contributed by atoms with Crippen LogP contribution in [0.2, 0.25) is 5.02 Å². The van der Waals surface area contributed by atoms with Crippen molar-refractivity contribution >= 4 is 17.1 Å². The highest BCUT2D eigenvalue weighted by atomic mass is 35.5. The van der Waals surface area contributed by atoms with Crippen LogP contribution in [0.5, 0.6) is 5.75 Å². The van der Waals surface area contributed by atoms with Crippen molar-refractivity contribution in [1.82, 2.24) is 29.5 Å². The molecular weight excluding hydrogens is 451 g/mol. The lowest BCUT2D eigenvalue weighted by atomic mass is 10.1. The molecule has 3 heterocycles. The Morgan fingerprint density at radius 2 is 1.91 bits per heavy atom. The fourth-order valence-electron chi connectivity index (χ4n) is 3.28. The fraction of sp³-hybridized carbons (Fsp3) is 0.136. The number of hydrogen-bond acceptors (Lipinski definition) is 7. The number of nitrogens with zero attached hydrogens (tertiary/aromatic N) is 6. The lowest BCUT2D eigenvalue weighted by Crippen LogP contribution is -2.25. The molecule has 11 heteroatoms. The summed E-state index contributed by atoms with van der Waals surface area (Å²) in [6, 6.07) is 13.2. The molecule has 3 aromatic heterocycles. The molecule has 5 rings (SSSR count). The van der Waals surface area contributed by atoms with Gasteiger partial charge in [-0.1, -0.05) is 16.8 Å². The highest BCUT2D eigenvalue weighted by Crippen LogP contribution is 2.23. The van der Waals surface area contributed by atoms with E-state index >= 15 is 0 Å². The van der Waals surface area contributed by atoms with E-state index in [0.717, 1.165) is 11.3 Å². The minimum atomic E-state index is -0.543.